The van der Waals surface area contributed by atoms with E-state index in [2.05, 4.69) is 20.9 Å². The summed E-state index contributed by atoms with van der Waals surface area (Å²) in [6.45, 7) is 1.98. The summed E-state index contributed by atoms with van der Waals surface area (Å²) < 4.78 is 5.91. The van der Waals surface area contributed by atoms with Gasteiger partial charge in [-0.25, -0.2) is 0 Å². The molecule has 2 aromatic rings. The number of pyridine rings is 1. The van der Waals surface area contributed by atoms with Crippen LogP contribution >= 0.6 is 15.9 Å². The SMILES string of the molecule is CC[C@@H](N)c1ccc(Oc2cccc([N+](=O)[O-])c2Br)cn1. The van der Waals surface area contributed by atoms with Crippen molar-refractivity contribution in [3.8, 4) is 11.5 Å². The highest BCUT2D eigenvalue weighted by Gasteiger charge is 2.16. The molecule has 2 N–H and O–H groups in total. The molecule has 0 bridgehead atoms. The molecule has 21 heavy (non-hydrogen) atoms. The quantitative estimate of drug-likeness (QED) is 0.650. The van der Waals surface area contributed by atoms with Crippen LogP contribution in [0.2, 0.25) is 0 Å². The van der Waals surface area contributed by atoms with Crippen molar-refractivity contribution in [1.82, 2.24) is 4.98 Å². The van der Waals surface area contributed by atoms with Crippen LogP contribution in [0.4, 0.5) is 5.69 Å². The molecule has 0 saturated carbocycles. The number of hydrogen-bond donors (Lipinski definition) is 1. The monoisotopic (exact) mass is 351 g/mol. The first-order valence-electron chi connectivity index (χ1n) is 6.35. The number of ether oxygens (including phenoxy) is 1. The Morgan fingerprint density at radius 3 is 2.76 bits per heavy atom. The maximum absolute atomic E-state index is 10.9. The Bertz CT molecular complexity index is 646. The third-order valence-corrected chi connectivity index (χ3v) is 3.74. The first kappa shape index (κ1) is 15.4. The molecular weight excluding hydrogens is 338 g/mol. The van der Waals surface area contributed by atoms with Gasteiger partial charge in [-0.05, 0) is 40.5 Å². The van der Waals surface area contributed by atoms with E-state index in [-0.39, 0.29) is 11.7 Å². The number of nitro benzene ring substituents is 1. The maximum atomic E-state index is 10.9. The Hall–Kier alpha value is -1.99. The van der Waals surface area contributed by atoms with E-state index >= 15 is 0 Å². The zero-order valence-corrected chi connectivity index (χ0v) is 12.9. The number of hydrogen-bond acceptors (Lipinski definition) is 5. The molecule has 0 aliphatic carbocycles. The average molecular weight is 352 g/mol. The number of aromatic nitrogens is 1. The molecule has 0 aliphatic rings. The van der Waals surface area contributed by atoms with Gasteiger partial charge in [0.2, 0.25) is 0 Å². The minimum atomic E-state index is -0.474. The van der Waals surface area contributed by atoms with Gasteiger partial charge in [0.05, 0.1) is 16.8 Å². The maximum Gasteiger partial charge on any atom is 0.287 e. The van der Waals surface area contributed by atoms with E-state index in [9.17, 15) is 10.1 Å². The molecule has 1 atom stereocenters. The minimum absolute atomic E-state index is 0.0508. The normalized spacial score (nSPS) is 12.0. The van der Waals surface area contributed by atoms with Gasteiger partial charge in [-0.2, -0.15) is 0 Å². The fraction of sp³-hybridized carbons (Fsp3) is 0.214. The van der Waals surface area contributed by atoms with Crippen molar-refractivity contribution in [2.45, 2.75) is 19.4 Å². The molecule has 7 heteroatoms. The Balaban J connectivity index is 2.22. The molecule has 0 fully saturated rings. The molecule has 0 saturated heterocycles. The second-order valence-corrected chi connectivity index (χ2v) is 5.17. The molecule has 1 heterocycles. The van der Waals surface area contributed by atoms with Gasteiger partial charge in [0.15, 0.2) is 0 Å². The lowest BCUT2D eigenvalue weighted by Gasteiger charge is -2.10. The zero-order valence-electron chi connectivity index (χ0n) is 11.3. The van der Waals surface area contributed by atoms with Gasteiger partial charge in [0.1, 0.15) is 16.0 Å². The molecule has 0 radical (unpaired) electrons. The van der Waals surface area contributed by atoms with Crippen LogP contribution < -0.4 is 10.5 Å². The predicted octanol–water partition coefficient (Wildman–Crippen LogP) is 3.95. The highest BCUT2D eigenvalue weighted by molar-refractivity contribution is 9.10. The second-order valence-electron chi connectivity index (χ2n) is 4.38. The van der Waals surface area contributed by atoms with Crippen LogP contribution in [0.3, 0.4) is 0 Å². The molecule has 6 nitrogen and oxygen atoms in total. The van der Waals surface area contributed by atoms with Crippen LogP contribution in [0.25, 0.3) is 0 Å². The molecule has 0 amide bonds. The van der Waals surface area contributed by atoms with Gasteiger partial charge >= 0.3 is 0 Å². The van der Waals surface area contributed by atoms with E-state index in [1.807, 2.05) is 6.92 Å². The topological polar surface area (TPSA) is 91.3 Å². The number of nitro groups is 1. The number of nitrogens with zero attached hydrogens (tertiary/aromatic N) is 2. The van der Waals surface area contributed by atoms with Crippen LogP contribution in [-0.2, 0) is 0 Å². The summed E-state index contributed by atoms with van der Waals surface area (Å²) in [4.78, 5) is 14.6. The van der Waals surface area contributed by atoms with E-state index in [4.69, 9.17) is 10.5 Å². The average Bonchev–Trinajstić information content (AvgIpc) is 2.49. The predicted molar refractivity (Wildman–Crippen MR) is 82.3 cm³/mol. The first-order valence-corrected chi connectivity index (χ1v) is 7.14. The van der Waals surface area contributed by atoms with Crippen LogP contribution in [-0.4, -0.2) is 9.91 Å². The lowest BCUT2D eigenvalue weighted by molar-refractivity contribution is -0.385. The molecular formula is C14H14BrN3O3. The summed E-state index contributed by atoms with van der Waals surface area (Å²) >= 11 is 3.18. The zero-order chi connectivity index (χ0) is 15.4. The summed E-state index contributed by atoms with van der Waals surface area (Å²) in [5.41, 5.74) is 6.62. The number of benzene rings is 1. The Morgan fingerprint density at radius 1 is 1.43 bits per heavy atom. The van der Waals surface area contributed by atoms with Gasteiger partial charge < -0.3 is 10.5 Å². The molecule has 0 aliphatic heterocycles. The molecule has 0 spiro atoms. The fourth-order valence-electron chi connectivity index (χ4n) is 1.73. The van der Waals surface area contributed by atoms with Crippen molar-refractivity contribution in [3.05, 3.63) is 56.8 Å². The molecule has 0 unspecified atom stereocenters. The van der Waals surface area contributed by atoms with Crippen molar-refractivity contribution >= 4 is 21.6 Å². The van der Waals surface area contributed by atoms with Gasteiger partial charge in [-0.3, -0.25) is 15.1 Å². The minimum Gasteiger partial charge on any atom is -0.454 e. The number of nitrogens with two attached hydrogens (primary N) is 1. The highest BCUT2D eigenvalue weighted by Crippen LogP contribution is 2.36. The van der Waals surface area contributed by atoms with Gasteiger partial charge in [-0.1, -0.05) is 13.0 Å². The largest absolute Gasteiger partial charge is 0.454 e. The summed E-state index contributed by atoms with van der Waals surface area (Å²) in [6, 6.07) is 8.02. The van der Waals surface area contributed by atoms with Crippen LogP contribution in [0.15, 0.2) is 41.0 Å². The van der Waals surface area contributed by atoms with E-state index in [1.165, 1.54) is 6.07 Å². The van der Waals surface area contributed by atoms with Crippen molar-refractivity contribution in [2.75, 3.05) is 0 Å². The van der Waals surface area contributed by atoms with Crippen LogP contribution in [0.1, 0.15) is 25.1 Å². The third-order valence-electron chi connectivity index (χ3n) is 2.95. The van der Waals surface area contributed by atoms with E-state index in [1.54, 1.807) is 30.5 Å². The van der Waals surface area contributed by atoms with E-state index in [0.717, 1.165) is 12.1 Å². The molecule has 1 aromatic carbocycles. The van der Waals surface area contributed by atoms with E-state index in [0.29, 0.717) is 16.0 Å². The van der Waals surface area contributed by atoms with Crippen molar-refractivity contribution < 1.29 is 9.66 Å². The lowest BCUT2D eigenvalue weighted by atomic mass is 10.1. The van der Waals surface area contributed by atoms with Gasteiger partial charge in [0, 0.05) is 12.1 Å². The fourth-order valence-corrected chi connectivity index (χ4v) is 2.22. The Morgan fingerprint density at radius 2 is 2.19 bits per heavy atom. The molecule has 1 aromatic heterocycles. The highest BCUT2D eigenvalue weighted by atomic mass is 79.9. The number of rotatable bonds is 5. The first-order chi connectivity index (χ1) is 10.0. The van der Waals surface area contributed by atoms with Crippen molar-refractivity contribution in [3.63, 3.8) is 0 Å². The Kier molecular flexibility index (Phi) is 4.87. The summed E-state index contributed by atoms with van der Waals surface area (Å²) in [5, 5.41) is 10.9. The molecule has 110 valence electrons. The second kappa shape index (κ2) is 6.64. The summed E-state index contributed by atoms with van der Waals surface area (Å²) in [5.74, 6) is 0.849. The lowest BCUT2D eigenvalue weighted by Crippen LogP contribution is -2.10. The van der Waals surface area contributed by atoms with Crippen molar-refractivity contribution in [2.24, 2.45) is 5.73 Å². The summed E-state index contributed by atoms with van der Waals surface area (Å²) in [6.07, 6.45) is 2.35. The summed E-state index contributed by atoms with van der Waals surface area (Å²) in [7, 11) is 0. The van der Waals surface area contributed by atoms with E-state index < -0.39 is 4.92 Å². The van der Waals surface area contributed by atoms with Crippen molar-refractivity contribution in [1.29, 1.82) is 0 Å². The van der Waals surface area contributed by atoms with Gasteiger partial charge in [0.25, 0.3) is 5.69 Å². The number of halogens is 1. The Labute approximate surface area is 130 Å². The van der Waals surface area contributed by atoms with Crippen LogP contribution in [0, 0.1) is 10.1 Å². The third kappa shape index (κ3) is 3.56. The molecule has 2 rings (SSSR count). The van der Waals surface area contributed by atoms with Gasteiger partial charge in [-0.15, -0.1) is 0 Å². The smallest absolute Gasteiger partial charge is 0.287 e. The van der Waals surface area contributed by atoms with Crippen LogP contribution in [0.5, 0.6) is 11.5 Å². The standard InChI is InChI=1S/C14H14BrN3O3/c1-2-10(16)11-7-6-9(8-17-11)21-13-5-3-4-12(14(13)15)18(19)20/h3-8,10H,2,16H2,1H3/t10-/m1/s1.